The number of hydrogen-bond acceptors (Lipinski definition) is 3. The summed E-state index contributed by atoms with van der Waals surface area (Å²) in [5.41, 5.74) is 4.78. The van der Waals surface area contributed by atoms with E-state index in [0.29, 0.717) is 24.3 Å². The highest BCUT2D eigenvalue weighted by Crippen LogP contribution is 2.21. The van der Waals surface area contributed by atoms with Crippen LogP contribution in [0.2, 0.25) is 0 Å². The molecule has 0 atom stereocenters. The van der Waals surface area contributed by atoms with Gasteiger partial charge in [-0.2, -0.15) is 5.10 Å². The maximum absolute atomic E-state index is 12.8. The number of carbonyl (C=O) groups excluding carboxylic acids is 1. The Balaban J connectivity index is 1.46. The van der Waals surface area contributed by atoms with Gasteiger partial charge in [-0.25, -0.2) is 0 Å². The third-order valence-electron chi connectivity index (χ3n) is 5.10. The fraction of sp³-hybridized carbons (Fsp3) is 0.286. The second-order valence-electron chi connectivity index (χ2n) is 6.95. The second-order valence-corrected chi connectivity index (χ2v) is 7.34. The van der Waals surface area contributed by atoms with Crippen LogP contribution in [0.25, 0.3) is 11.4 Å². The van der Waals surface area contributed by atoms with Crippen LogP contribution in [0.5, 0.6) is 0 Å². The number of benzene rings is 2. The number of fused-ring (bicyclic) bond motifs is 1. The van der Waals surface area contributed by atoms with Crippen molar-refractivity contribution in [2.24, 2.45) is 0 Å². The first kappa shape index (κ1) is 17.7. The van der Waals surface area contributed by atoms with Crippen molar-refractivity contribution in [2.75, 3.05) is 6.54 Å². The van der Waals surface area contributed by atoms with Gasteiger partial charge in [0.2, 0.25) is 5.91 Å². The lowest BCUT2D eigenvalue weighted by atomic mass is 10.00. The molecule has 0 saturated carbocycles. The van der Waals surface area contributed by atoms with Crippen molar-refractivity contribution < 1.29 is 4.79 Å². The first-order valence-corrected chi connectivity index (χ1v) is 9.59. The molecule has 2 heterocycles. The molecular formula is C21H22N4OS. The Morgan fingerprint density at radius 2 is 1.89 bits per heavy atom. The monoisotopic (exact) mass is 378 g/mol. The van der Waals surface area contributed by atoms with Crippen molar-refractivity contribution in [1.29, 1.82) is 0 Å². The van der Waals surface area contributed by atoms with Crippen LogP contribution in [0.15, 0.2) is 48.5 Å². The van der Waals surface area contributed by atoms with Crippen LogP contribution in [0.3, 0.4) is 0 Å². The molecule has 2 aromatic carbocycles. The van der Waals surface area contributed by atoms with Crippen LogP contribution >= 0.6 is 12.2 Å². The van der Waals surface area contributed by atoms with Gasteiger partial charge in [-0.05, 0) is 36.7 Å². The summed E-state index contributed by atoms with van der Waals surface area (Å²) in [6, 6.07) is 16.5. The van der Waals surface area contributed by atoms with Crippen molar-refractivity contribution in [3.63, 3.8) is 0 Å². The predicted octanol–water partition coefficient (Wildman–Crippen LogP) is 3.89. The zero-order valence-electron chi connectivity index (χ0n) is 15.3. The summed E-state index contributed by atoms with van der Waals surface area (Å²) in [7, 11) is 0. The van der Waals surface area contributed by atoms with Gasteiger partial charge in [-0.3, -0.25) is 14.5 Å². The van der Waals surface area contributed by atoms with Crippen LogP contribution in [-0.2, 0) is 24.3 Å². The number of hydrogen-bond donors (Lipinski definition) is 1. The van der Waals surface area contributed by atoms with Crippen molar-refractivity contribution >= 4 is 18.1 Å². The molecule has 0 saturated heterocycles. The normalized spacial score (nSPS) is 13.4. The number of nitrogens with one attached hydrogen (secondary N) is 1. The Kier molecular flexibility index (Phi) is 4.90. The number of aryl methyl sites for hydroxylation is 1. The number of H-pyrrole nitrogens is 1. The summed E-state index contributed by atoms with van der Waals surface area (Å²) in [5, 5.41) is 7.21. The van der Waals surface area contributed by atoms with Gasteiger partial charge in [-0.1, -0.05) is 54.1 Å². The van der Waals surface area contributed by atoms with E-state index in [1.54, 1.807) is 0 Å². The number of aromatic amines is 1. The van der Waals surface area contributed by atoms with Crippen molar-refractivity contribution in [1.82, 2.24) is 19.7 Å². The molecular weight excluding hydrogens is 356 g/mol. The first-order valence-electron chi connectivity index (χ1n) is 9.18. The number of aromatic nitrogens is 3. The molecule has 0 fully saturated rings. The van der Waals surface area contributed by atoms with Gasteiger partial charge in [0.25, 0.3) is 0 Å². The molecule has 138 valence electrons. The van der Waals surface area contributed by atoms with Gasteiger partial charge in [0, 0.05) is 31.6 Å². The van der Waals surface area contributed by atoms with Crippen molar-refractivity contribution in [3.8, 4) is 11.4 Å². The highest BCUT2D eigenvalue weighted by Gasteiger charge is 2.20. The average molecular weight is 379 g/mol. The minimum Gasteiger partial charge on any atom is -0.338 e. The van der Waals surface area contributed by atoms with Gasteiger partial charge in [0.1, 0.15) is 0 Å². The van der Waals surface area contributed by atoms with Crippen LogP contribution < -0.4 is 0 Å². The molecule has 4 rings (SSSR count). The van der Waals surface area contributed by atoms with E-state index in [0.717, 1.165) is 24.4 Å². The maximum atomic E-state index is 12.8. The standard InChI is InChI=1S/C21H22N4OS/c1-15-6-8-17(9-7-15)20-22-23-21(27)25(20)13-11-19(26)24-12-10-16-4-2-3-5-18(16)14-24/h2-9H,10-14H2,1H3,(H,23,27). The number of nitrogens with zero attached hydrogens (tertiary/aromatic N) is 3. The van der Waals surface area contributed by atoms with E-state index in [4.69, 9.17) is 12.2 Å². The molecule has 1 aromatic heterocycles. The van der Waals surface area contributed by atoms with E-state index in [9.17, 15) is 4.79 Å². The van der Waals surface area contributed by atoms with Gasteiger partial charge in [0.05, 0.1) is 0 Å². The van der Waals surface area contributed by atoms with Crippen molar-refractivity contribution in [2.45, 2.75) is 32.9 Å². The maximum Gasteiger partial charge on any atom is 0.224 e. The number of carbonyl (C=O) groups is 1. The Morgan fingerprint density at radius 1 is 1.15 bits per heavy atom. The van der Waals surface area contributed by atoms with E-state index < -0.39 is 0 Å². The minimum atomic E-state index is 0.155. The molecule has 0 aliphatic carbocycles. The van der Waals surface area contributed by atoms with E-state index in [1.807, 2.05) is 39.8 Å². The third kappa shape index (κ3) is 3.71. The summed E-state index contributed by atoms with van der Waals surface area (Å²) in [6.07, 6.45) is 1.33. The minimum absolute atomic E-state index is 0.155. The molecule has 1 amide bonds. The summed E-state index contributed by atoms with van der Waals surface area (Å²) >= 11 is 5.38. The Labute approximate surface area is 163 Å². The topological polar surface area (TPSA) is 53.9 Å². The lowest BCUT2D eigenvalue weighted by molar-refractivity contribution is -0.132. The Bertz CT molecular complexity index is 1020. The molecule has 0 spiro atoms. The molecule has 0 bridgehead atoms. The quantitative estimate of drug-likeness (QED) is 0.701. The fourth-order valence-electron chi connectivity index (χ4n) is 3.52. The first-order chi connectivity index (χ1) is 13.1. The van der Waals surface area contributed by atoms with E-state index >= 15 is 0 Å². The van der Waals surface area contributed by atoms with Crippen LogP contribution in [0.4, 0.5) is 0 Å². The number of rotatable bonds is 4. The predicted molar refractivity (Wildman–Crippen MR) is 108 cm³/mol. The van der Waals surface area contributed by atoms with Crippen LogP contribution in [0.1, 0.15) is 23.1 Å². The number of amides is 1. The fourth-order valence-corrected chi connectivity index (χ4v) is 3.75. The van der Waals surface area contributed by atoms with E-state index in [1.165, 1.54) is 16.7 Å². The Morgan fingerprint density at radius 3 is 2.67 bits per heavy atom. The largest absolute Gasteiger partial charge is 0.338 e. The highest BCUT2D eigenvalue weighted by atomic mass is 32.1. The summed E-state index contributed by atoms with van der Waals surface area (Å²) in [4.78, 5) is 14.7. The second kappa shape index (κ2) is 7.48. The molecule has 3 aromatic rings. The zero-order chi connectivity index (χ0) is 18.8. The molecule has 1 aliphatic rings. The Hall–Kier alpha value is -2.73. The molecule has 6 heteroatoms. The van der Waals surface area contributed by atoms with Crippen molar-refractivity contribution in [3.05, 3.63) is 70.0 Å². The lowest BCUT2D eigenvalue weighted by Gasteiger charge is -2.29. The highest BCUT2D eigenvalue weighted by molar-refractivity contribution is 7.71. The van der Waals surface area contributed by atoms with E-state index in [-0.39, 0.29) is 5.91 Å². The smallest absolute Gasteiger partial charge is 0.224 e. The summed E-state index contributed by atoms with van der Waals surface area (Å²) < 4.78 is 2.46. The average Bonchev–Trinajstić information content (AvgIpc) is 3.06. The molecule has 27 heavy (non-hydrogen) atoms. The SMILES string of the molecule is Cc1ccc(-c2n[nH]c(=S)n2CCC(=O)N2CCc3ccccc3C2)cc1. The molecule has 0 unspecified atom stereocenters. The molecule has 1 aliphatic heterocycles. The van der Waals surface area contributed by atoms with Crippen LogP contribution in [0, 0.1) is 11.7 Å². The van der Waals surface area contributed by atoms with Gasteiger partial charge < -0.3 is 4.90 Å². The van der Waals surface area contributed by atoms with Gasteiger partial charge in [0.15, 0.2) is 10.6 Å². The zero-order valence-corrected chi connectivity index (χ0v) is 16.1. The lowest BCUT2D eigenvalue weighted by Crippen LogP contribution is -2.36. The molecule has 0 radical (unpaired) electrons. The van der Waals surface area contributed by atoms with Crippen LogP contribution in [-0.4, -0.2) is 32.1 Å². The molecule has 5 nitrogen and oxygen atoms in total. The van der Waals surface area contributed by atoms with Gasteiger partial charge in [-0.15, -0.1) is 0 Å². The van der Waals surface area contributed by atoms with Gasteiger partial charge >= 0.3 is 0 Å². The summed E-state index contributed by atoms with van der Waals surface area (Å²) in [5.74, 6) is 0.930. The molecule has 1 N–H and O–H groups in total. The van der Waals surface area contributed by atoms with E-state index in [2.05, 4.69) is 35.3 Å². The summed E-state index contributed by atoms with van der Waals surface area (Å²) in [6.45, 7) is 4.04. The third-order valence-corrected chi connectivity index (χ3v) is 5.41.